The number of morpholine rings is 1. The normalized spacial score (nSPS) is 18.9. The standard InChI is InChI=1S/C23H33N3O5S2/c1-16-21(32-22(24-16)25-23(2,3)18-7-11-30-12-8-18)17-5-6-19(29-4)20(15-17)33(27,28)26-9-13-31-14-10-26/h5-6,15,18H,7-14H2,1-4H3,(H,24,25). The van der Waals surface area contributed by atoms with Crippen molar-refractivity contribution in [2.75, 3.05) is 51.9 Å². The lowest BCUT2D eigenvalue weighted by atomic mass is 9.82. The SMILES string of the molecule is COc1ccc(-c2sc(NC(C)(C)C3CCOCC3)nc2C)cc1S(=O)(=O)N1CCOCC1. The smallest absolute Gasteiger partial charge is 0.246 e. The molecule has 182 valence electrons. The van der Waals surface area contributed by atoms with Gasteiger partial charge in [-0.05, 0) is 63.3 Å². The molecule has 2 aliphatic rings. The van der Waals surface area contributed by atoms with Crippen molar-refractivity contribution in [3.63, 3.8) is 0 Å². The van der Waals surface area contributed by atoms with Gasteiger partial charge in [-0.15, -0.1) is 0 Å². The molecule has 0 bridgehead atoms. The number of ether oxygens (including phenoxy) is 3. The van der Waals surface area contributed by atoms with Gasteiger partial charge < -0.3 is 19.5 Å². The quantitative estimate of drug-likeness (QED) is 0.625. The van der Waals surface area contributed by atoms with E-state index in [-0.39, 0.29) is 10.4 Å². The van der Waals surface area contributed by atoms with Crippen molar-refractivity contribution in [2.45, 2.75) is 44.0 Å². The molecule has 4 rings (SSSR count). The molecule has 8 nitrogen and oxygen atoms in total. The summed E-state index contributed by atoms with van der Waals surface area (Å²) < 4.78 is 44.4. The summed E-state index contributed by atoms with van der Waals surface area (Å²) in [5.74, 6) is 0.844. The van der Waals surface area contributed by atoms with Crippen molar-refractivity contribution in [1.29, 1.82) is 0 Å². The van der Waals surface area contributed by atoms with Gasteiger partial charge in [0.05, 0.1) is 30.9 Å². The van der Waals surface area contributed by atoms with Crippen LogP contribution in [0.3, 0.4) is 0 Å². The first-order valence-electron chi connectivity index (χ1n) is 11.3. The molecule has 0 atom stereocenters. The lowest BCUT2D eigenvalue weighted by Crippen LogP contribution is -2.42. The fourth-order valence-corrected chi connectivity index (χ4v) is 7.18. The van der Waals surface area contributed by atoms with Gasteiger partial charge in [0.1, 0.15) is 10.6 Å². The van der Waals surface area contributed by atoms with Crippen LogP contribution in [0.1, 0.15) is 32.4 Å². The van der Waals surface area contributed by atoms with Crippen LogP contribution in [0.4, 0.5) is 5.13 Å². The summed E-state index contributed by atoms with van der Waals surface area (Å²) in [6.45, 7) is 9.43. The molecule has 2 saturated heterocycles. The number of thiazole rings is 1. The minimum Gasteiger partial charge on any atom is -0.495 e. The minimum atomic E-state index is -3.70. The van der Waals surface area contributed by atoms with Crippen molar-refractivity contribution >= 4 is 26.5 Å². The molecular formula is C23H33N3O5S2. The summed E-state index contributed by atoms with van der Waals surface area (Å²) in [4.78, 5) is 5.88. The zero-order valence-electron chi connectivity index (χ0n) is 19.7. The molecule has 0 aliphatic carbocycles. The van der Waals surface area contributed by atoms with Gasteiger partial charge in [0.25, 0.3) is 0 Å². The second kappa shape index (κ2) is 9.87. The van der Waals surface area contributed by atoms with Crippen LogP contribution < -0.4 is 10.1 Å². The highest BCUT2D eigenvalue weighted by Gasteiger charge is 2.33. The number of hydrogen-bond donors (Lipinski definition) is 1. The average molecular weight is 496 g/mol. The Morgan fingerprint density at radius 3 is 2.48 bits per heavy atom. The van der Waals surface area contributed by atoms with Crippen LogP contribution in [-0.4, -0.2) is 69.9 Å². The zero-order valence-corrected chi connectivity index (χ0v) is 21.4. The Bertz CT molecular complexity index is 1070. The van der Waals surface area contributed by atoms with Crippen molar-refractivity contribution in [3.8, 4) is 16.2 Å². The number of sulfonamides is 1. The van der Waals surface area contributed by atoms with E-state index < -0.39 is 10.0 Å². The van der Waals surface area contributed by atoms with E-state index in [0.29, 0.717) is 38.0 Å². The number of hydrogen-bond acceptors (Lipinski definition) is 8. The molecule has 2 aliphatic heterocycles. The third kappa shape index (κ3) is 5.19. The summed E-state index contributed by atoms with van der Waals surface area (Å²) in [6.07, 6.45) is 2.05. The Labute approximate surface area is 200 Å². The number of aryl methyl sites for hydroxylation is 1. The number of anilines is 1. The van der Waals surface area contributed by atoms with Gasteiger partial charge in [-0.1, -0.05) is 11.3 Å². The Morgan fingerprint density at radius 2 is 1.82 bits per heavy atom. The molecule has 33 heavy (non-hydrogen) atoms. The largest absolute Gasteiger partial charge is 0.495 e. The predicted molar refractivity (Wildman–Crippen MR) is 130 cm³/mol. The number of nitrogens with one attached hydrogen (secondary N) is 1. The van der Waals surface area contributed by atoms with E-state index in [0.717, 1.165) is 47.3 Å². The molecule has 1 N–H and O–H groups in total. The minimum absolute atomic E-state index is 0.115. The van der Waals surface area contributed by atoms with Gasteiger partial charge in [-0.25, -0.2) is 13.4 Å². The van der Waals surface area contributed by atoms with Crippen LogP contribution in [-0.2, 0) is 19.5 Å². The van der Waals surface area contributed by atoms with Crippen LogP contribution in [0.25, 0.3) is 10.4 Å². The highest BCUT2D eigenvalue weighted by molar-refractivity contribution is 7.89. The number of nitrogens with zero attached hydrogens (tertiary/aromatic N) is 2. The summed E-state index contributed by atoms with van der Waals surface area (Å²) >= 11 is 1.55. The van der Waals surface area contributed by atoms with Crippen LogP contribution in [0, 0.1) is 12.8 Å². The first-order chi connectivity index (χ1) is 15.7. The van der Waals surface area contributed by atoms with E-state index >= 15 is 0 Å². The molecule has 2 aromatic rings. The molecule has 0 amide bonds. The van der Waals surface area contributed by atoms with Crippen LogP contribution in [0.5, 0.6) is 5.75 Å². The second-order valence-electron chi connectivity index (χ2n) is 9.05. The summed E-state index contributed by atoms with van der Waals surface area (Å²) in [6, 6.07) is 5.32. The molecule has 3 heterocycles. The number of benzene rings is 1. The number of rotatable bonds is 7. The topological polar surface area (TPSA) is 90.0 Å². The van der Waals surface area contributed by atoms with Crippen molar-refractivity contribution in [3.05, 3.63) is 23.9 Å². The van der Waals surface area contributed by atoms with E-state index in [1.54, 1.807) is 23.5 Å². The van der Waals surface area contributed by atoms with Crippen LogP contribution in [0.15, 0.2) is 23.1 Å². The summed E-state index contributed by atoms with van der Waals surface area (Å²) in [5, 5.41) is 4.47. The van der Waals surface area contributed by atoms with E-state index in [4.69, 9.17) is 19.2 Å². The lowest BCUT2D eigenvalue weighted by Gasteiger charge is -2.37. The van der Waals surface area contributed by atoms with E-state index in [1.165, 1.54) is 11.4 Å². The molecule has 1 aromatic heterocycles. The molecule has 2 fully saturated rings. The molecular weight excluding hydrogens is 462 g/mol. The summed E-state index contributed by atoms with van der Waals surface area (Å²) in [7, 11) is -2.21. The highest BCUT2D eigenvalue weighted by atomic mass is 32.2. The Balaban J connectivity index is 1.63. The molecule has 0 radical (unpaired) electrons. The maximum Gasteiger partial charge on any atom is 0.246 e. The molecule has 1 aromatic carbocycles. The number of aromatic nitrogens is 1. The Kier molecular flexibility index (Phi) is 7.30. The Hall–Kier alpha value is -1.72. The molecule has 0 spiro atoms. The van der Waals surface area contributed by atoms with Gasteiger partial charge in [-0.3, -0.25) is 0 Å². The van der Waals surface area contributed by atoms with Crippen LogP contribution in [0.2, 0.25) is 0 Å². The first kappa shape index (κ1) is 24.4. The van der Waals surface area contributed by atoms with Gasteiger partial charge in [0, 0.05) is 31.8 Å². The van der Waals surface area contributed by atoms with Gasteiger partial charge in [0.2, 0.25) is 10.0 Å². The van der Waals surface area contributed by atoms with E-state index in [1.807, 2.05) is 13.0 Å². The van der Waals surface area contributed by atoms with Crippen molar-refractivity contribution in [1.82, 2.24) is 9.29 Å². The van der Waals surface area contributed by atoms with Gasteiger partial charge in [0.15, 0.2) is 5.13 Å². The van der Waals surface area contributed by atoms with Gasteiger partial charge in [-0.2, -0.15) is 4.31 Å². The van der Waals surface area contributed by atoms with Crippen molar-refractivity contribution < 1.29 is 22.6 Å². The molecule has 0 unspecified atom stereocenters. The van der Waals surface area contributed by atoms with E-state index in [9.17, 15) is 8.42 Å². The third-order valence-corrected chi connectivity index (χ3v) is 9.52. The molecule has 10 heteroatoms. The highest BCUT2D eigenvalue weighted by Crippen LogP contribution is 2.39. The molecule has 0 saturated carbocycles. The average Bonchev–Trinajstić information content (AvgIpc) is 3.18. The fraction of sp³-hybridized carbons (Fsp3) is 0.609. The predicted octanol–water partition coefficient (Wildman–Crippen LogP) is 3.77. The van der Waals surface area contributed by atoms with Gasteiger partial charge >= 0.3 is 0 Å². The lowest BCUT2D eigenvalue weighted by molar-refractivity contribution is 0.0491. The van der Waals surface area contributed by atoms with Crippen molar-refractivity contribution in [2.24, 2.45) is 5.92 Å². The maximum absolute atomic E-state index is 13.4. The van der Waals surface area contributed by atoms with E-state index in [2.05, 4.69) is 19.2 Å². The Morgan fingerprint density at radius 1 is 1.15 bits per heavy atom. The fourth-order valence-electron chi connectivity index (χ4n) is 4.46. The monoisotopic (exact) mass is 495 g/mol. The summed E-state index contributed by atoms with van der Waals surface area (Å²) in [5.41, 5.74) is 1.57. The second-order valence-corrected chi connectivity index (χ2v) is 12.0. The van der Waals surface area contributed by atoms with Crippen LogP contribution >= 0.6 is 11.3 Å². The first-order valence-corrected chi connectivity index (χ1v) is 13.6. The maximum atomic E-state index is 13.4. The third-order valence-electron chi connectivity index (χ3n) is 6.48. The zero-order chi connectivity index (χ0) is 23.6. The number of methoxy groups -OCH3 is 1.